The normalized spacial score (nSPS) is 17.6. The maximum Gasteiger partial charge on any atom is 0.233 e. The molecule has 1 unspecified atom stereocenters. The van der Waals surface area contributed by atoms with Gasteiger partial charge in [-0.05, 0) is 35.2 Å². The predicted molar refractivity (Wildman–Crippen MR) is 107 cm³/mol. The van der Waals surface area contributed by atoms with Gasteiger partial charge in [-0.15, -0.1) is 11.3 Å². The van der Waals surface area contributed by atoms with E-state index in [4.69, 9.17) is 16.3 Å². The Morgan fingerprint density at radius 2 is 1.96 bits per heavy atom. The van der Waals surface area contributed by atoms with E-state index in [1.807, 2.05) is 17.5 Å². The van der Waals surface area contributed by atoms with Gasteiger partial charge in [-0.2, -0.15) is 0 Å². The predicted octanol–water partition coefficient (Wildman–Crippen LogP) is 3.37. The van der Waals surface area contributed by atoms with Gasteiger partial charge in [-0.1, -0.05) is 29.8 Å². The summed E-state index contributed by atoms with van der Waals surface area (Å²) >= 11 is 7.48. The first kappa shape index (κ1) is 19.5. The highest BCUT2D eigenvalue weighted by atomic mass is 35.5. The van der Waals surface area contributed by atoms with Crippen molar-refractivity contribution in [3.63, 3.8) is 0 Å². The summed E-state index contributed by atoms with van der Waals surface area (Å²) < 4.78 is 32.8. The first-order chi connectivity index (χ1) is 12.5. The molecule has 0 bridgehead atoms. The molecule has 8 heteroatoms. The van der Waals surface area contributed by atoms with E-state index in [-0.39, 0.29) is 6.04 Å². The summed E-state index contributed by atoms with van der Waals surface area (Å²) in [6, 6.07) is 11.1. The fourth-order valence-corrected chi connectivity index (χ4v) is 4.57. The maximum absolute atomic E-state index is 12.4. The number of ether oxygens (including phenoxy) is 1. The van der Waals surface area contributed by atoms with Crippen LogP contribution in [0.5, 0.6) is 0 Å². The third-order valence-electron chi connectivity index (χ3n) is 4.15. The summed E-state index contributed by atoms with van der Waals surface area (Å²) in [5.74, 6) is 0. The van der Waals surface area contributed by atoms with E-state index in [1.165, 1.54) is 5.41 Å². The topological polar surface area (TPSA) is 58.6 Å². The van der Waals surface area contributed by atoms with Crippen molar-refractivity contribution < 1.29 is 13.2 Å². The number of nitrogens with one attached hydrogen (secondary N) is 1. The molecular weight excluding hydrogens is 392 g/mol. The van der Waals surface area contributed by atoms with Gasteiger partial charge in [0, 0.05) is 34.9 Å². The van der Waals surface area contributed by atoms with Gasteiger partial charge in [0.15, 0.2) is 0 Å². The molecular formula is C18H21ClN2O3S2. The van der Waals surface area contributed by atoms with E-state index in [0.717, 1.165) is 23.5 Å². The molecule has 1 aromatic carbocycles. The summed E-state index contributed by atoms with van der Waals surface area (Å²) in [6.07, 6.45) is 1.56. The largest absolute Gasteiger partial charge is 0.379 e. The molecule has 0 saturated carbocycles. The summed E-state index contributed by atoms with van der Waals surface area (Å²) in [6.45, 7) is 3.26. The third-order valence-corrected chi connectivity index (χ3v) is 6.43. The van der Waals surface area contributed by atoms with Crippen molar-refractivity contribution in [1.29, 1.82) is 0 Å². The number of nitrogens with zero attached hydrogens (tertiary/aromatic N) is 1. The molecule has 0 spiro atoms. The molecule has 2 aromatic rings. The lowest BCUT2D eigenvalue weighted by Gasteiger charge is -2.33. The van der Waals surface area contributed by atoms with Crippen LogP contribution in [0.4, 0.5) is 0 Å². The fourth-order valence-electron chi connectivity index (χ4n) is 2.76. The highest BCUT2D eigenvalue weighted by molar-refractivity contribution is 7.92. The van der Waals surface area contributed by atoms with Gasteiger partial charge >= 0.3 is 0 Å². The standard InChI is InChI=1S/C18H21ClN2O3S2/c19-16-5-3-15(4-6-16)7-13-26(22,23)20-14-17(18-2-1-12-25-18)21-8-10-24-11-9-21/h1-7,12-13,17,20H,8-11,14H2/b13-7+. The summed E-state index contributed by atoms with van der Waals surface area (Å²) in [5.41, 5.74) is 0.780. The van der Waals surface area contributed by atoms with Crippen LogP contribution in [0.2, 0.25) is 5.02 Å². The molecule has 140 valence electrons. The molecule has 0 aliphatic carbocycles. The van der Waals surface area contributed by atoms with Crippen molar-refractivity contribution in [3.05, 3.63) is 62.6 Å². The maximum atomic E-state index is 12.4. The third kappa shape index (κ3) is 5.64. The number of hydrogen-bond acceptors (Lipinski definition) is 5. The van der Waals surface area contributed by atoms with E-state index >= 15 is 0 Å². The second-order valence-corrected chi connectivity index (χ2v) is 8.99. The number of morpholine rings is 1. The van der Waals surface area contributed by atoms with Crippen LogP contribution >= 0.6 is 22.9 Å². The minimum Gasteiger partial charge on any atom is -0.379 e. The average Bonchev–Trinajstić information content (AvgIpc) is 3.17. The van der Waals surface area contributed by atoms with E-state index in [2.05, 4.69) is 9.62 Å². The van der Waals surface area contributed by atoms with Crippen molar-refractivity contribution in [2.45, 2.75) is 6.04 Å². The van der Waals surface area contributed by atoms with Gasteiger partial charge in [0.05, 0.1) is 19.3 Å². The second kappa shape index (κ2) is 9.12. The molecule has 1 aromatic heterocycles. The highest BCUT2D eigenvalue weighted by Gasteiger charge is 2.24. The zero-order valence-electron chi connectivity index (χ0n) is 14.2. The SMILES string of the molecule is O=S(=O)(/C=C/c1ccc(Cl)cc1)NCC(c1cccs1)N1CCOCC1. The Bertz CT molecular complexity index is 815. The Balaban J connectivity index is 1.66. The molecule has 1 fully saturated rings. The lowest BCUT2D eigenvalue weighted by atomic mass is 10.2. The lowest BCUT2D eigenvalue weighted by Crippen LogP contribution is -2.43. The molecule has 26 heavy (non-hydrogen) atoms. The van der Waals surface area contributed by atoms with Crippen LogP contribution in [0.25, 0.3) is 6.08 Å². The minimum atomic E-state index is -3.53. The van der Waals surface area contributed by atoms with Crippen LogP contribution in [0.3, 0.4) is 0 Å². The van der Waals surface area contributed by atoms with Crippen LogP contribution in [0.15, 0.2) is 47.2 Å². The number of benzene rings is 1. The van der Waals surface area contributed by atoms with Gasteiger partial charge in [-0.3, -0.25) is 4.90 Å². The Hall–Kier alpha value is -1.22. The number of halogens is 1. The monoisotopic (exact) mass is 412 g/mol. The summed E-state index contributed by atoms with van der Waals surface area (Å²) in [4.78, 5) is 3.41. The van der Waals surface area contributed by atoms with E-state index in [1.54, 1.807) is 41.7 Å². The zero-order chi connectivity index (χ0) is 18.4. The molecule has 3 rings (SSSR count). The van der Waals surface area contributed by atoms with E-state index in [0.29, 0.717) is 24.8 Å². The number of rotatable bonds is 7. The quantitative estimate of drug-likeness (QED) is 0.757. The molecule has 1 N–H and O–H groups in total. The van der Waals surface area contributed by atoms with Gasteiger partial charge in [0.25, 0.3) is 0 Å². The molecule has 1 saturated heterocycles. The number of hydrogen-bond donors (Lipinski definition) is 1. The van der Waals surface area contributed by atoms with E-state index in [9.17, 15) is 8.42 Å². The van der Waals surface area contributed by atoms with Crippen LogP contribution in [-0.4, -0.2) is 46.2 Å². The fraction of sp³-hybridized carbons (Fsp3) is 0.333. The second-order valence-electron chi connectivity index (χ2n) is 5.93. The Kier molecular flexibility index (Phi) is 6.86. The van der Waals surface area contributed by atoms with Crippen molar-refractivity contribution in [2.24, 2.45) is 0 Å². The zero-order valence-corrected chi connectivity index (χ0v) is 16.6. The van der Waals surface area contributed by atoms with Crippen molar-refractivity contribution in [2.75, 3.05) is 32.8 Å². The minimum absolute atomic E-state index is 0.0117. The van der Waals surface area contributed by atoms with Crippen molar-refractivity contribution >= 4 is 39.0 Å². The van der Waals surface area contributed by atoms with Crippen LogP contribution in [0.1, 0.15) is 16.5 Å². The van der Waals surface area contributed by atoms with Gasteiger partial charge < -0.3 is 4.74 Å². The van der Waals surface area contributed by atoms with Gasteiger partial charge in [0.1, 0.15) is 0 Å². The molecule has 2 heterocycles. The Morgan fingerprint density at radius 1 is 1.23 bits per heavy atom. The average molecular weight is 413 g/mol. The molecule has 1 atom stereocenters. The van der Waals surface area contributed by atoms with Crippen LogP contribution in [-0.2, 0) is 14.8 Å². The van der Waals surface area contributed by atoms with Crippen LogP contribution in [0, 0.1) is 0 Å². The van der Waals surface area contributed by atoms with Crippen molar-refractivity contribution in [3.8, 4) is 0 Å². The first-order valence-electron chi connectivity index (χ1n) is 8.32. The Morgan fingerprint density at radius 3 is 2.62 bits per heavy atom. The molecule has 1 aliphatic rings. The summed E-state index contributed by atoms with van der Waals surface area (Å²) in [7, 11) is -3.53. The van der Waals surface area contributed by atoms with Crippen molar-refractivity contribution in [1.82, 2.24) is 9.62 Å². The number of sulfonamides is 1. The van der Waals surface area contributed by atoms with Gasteiger partial charge in [-0.25, -0.2) is 13.1 Å². The lowest BCUT2D eigenvalue weighted by molar-refractivity contribution is 0.0179. The molecule has 0 radical (unpaired) electrons. The Labute approximate surface area is 163 Å². The number of thiophene rings is 1. The molecule has 1 aliphatic heterocycles. The molecule has 5 nitrogen and oxygen atoms in total. The first-order valence-corrected chi connectivity index (χ1v) is 11.1. The molecule has 0 amide bonds. The highest BCUT2D eigenvalue weighted by Crippen LogP contribution is 2.25. The van der Waals surface area contributed by atoms with E-state index < -0.39 is 10.0 Å². The van der Waals surface area contributed by atoms with Crippen LogP contribution < -0.4 is 4.72 Å². The van der Waals surface area contributed by atoms with Gasteiger partial charge in [0.2, 0.25) is 10.0 Å². The summed E-state index contributed by atoms with van der Waals surface area (Å²) in [5, 5.41) is 3.83. The smallest absolute Gasteiger partial charge is 0.233 e.